The second-order valence-corrected chi connectivity index (χ2v) is 8.34. The standard InChI is InChI=1S/C22H23N5O2/c28-18(10-16-2-3-17-12-23-15-24-19(17)11-16)13-27-21(29)5-4-20(25-27)26-9-8-22(14-26)6-1-7-22/h2-5,11-12,15H,1,6-10,13-14H2. The molecule has 5 rings (SSSR count). The van der Waals surface area contributed by atoms with Gasteiger partial charge in [-0.15, -0.1) is 0 Å². The highest BCUT2D eigenvalue weighted by atomic mass is 16.1. The molecule has 0 atom stereocenters. The zero-order chi connectivity index (χ0) is 19.8. The van der Waals surface area contributed by atoms with E-state index in [1.165, 1.54) is 42.8 Å². The van der Waals surface area contributed by atoms with Crippen LogP contribution in [0.2, 0.25) is 0 Å². The van der Waals surface area contributed by atoms with Crippen LogP contribution in [-0.4, -0.2) is 38.6 Å². The minimum Gasteiger partial charge on any atom is -0.355 e. The van der Waals surface area contributed by atoms with Gasteiger partial charge in [-0.05, 0) is 42.4 Å². The molecule has 29 heavy (non-hydrogen) atoms. The Labute approximate surface area is 168 Å². The predicted molar refractivity (Wildman–Crippen MR) is 110 cm³/mol. The Hall–Kier alpha value is -3.09. The Morgan fingerprint density at radius 2 is 2.03 bits per heavy atom. The number of aromatic nitrogens is 4. The van der Waals surface area contributed by atoms with Crippen LogP contribution < -0.4 is 10.5 Å². The summed E-state index contributed by atoms with van der Waals surface area (Å²) in [7, 11) is 0. The molecule has 2 fully saturated rings. The topological polar surface area (TPSA) is 81.0 Å². The van der Waals surface area contributed by atoms with Gasteiger partial charge in [-0.25, -0.2) is 14.6 Å². The van der Waals surface area contributed by atoms with E-state index in [0.717, 1.165) is 35.4 Å². The fraction of sp³-hybridized carbons (Fsp3) is 0.409. The van der Waals surface area contributed by atoms with Crippen LogP contribution in [0.4, 0.5) is 5.82 Å². The van der Waals surface area contributed by atoms with Crippen molar-refractivity contribution >= 4 is 22.5 Å². The summed E-state index contributed by atoms with van der Waals surface area (Å²) in [6.07, 6.45) is 8.57. The van der Waals surface area contributed by atoms with Crippen LogP contribution in [0.3, 0.4) is 0 Å². The van der Waals surface area contributed by atoms with Gasteiger partial charge in [0.2, 0.25) is 0 Å². The van der Waals surface area contributed by atoms with Gasteiger partial charge in [0.05, 0.1) is 5.52 Å². The fourth-order valence-corrected chi connectivity index (χ4v) is 4.52. The molecule has 1 saturated carbocycles. The first-order valence-corrected chi connectivity index (χ1v) is 10.1. The highest BCUT2D eigenvalue weighted by molar-refractivity contribution is 5.83. The summed E-state index contributed by atoms with van der Waals surface area (Å²) in [5.74, 6) is 0.741. The van der Waals surface area contributed by atoms with Crippen LogP contribution in [0.25, 0.3) is 10.9 Å². The Bertz CT molecular complexity index is 1140. The van der Waals surface area contributed by atoms with Crippen LogP contribution in [-0.2, 0) is 17.8 Å². The first kappa shape index (κ1) is 18.0. The van der Waals surface area contributed by atoms with Gasteiger partial charge in [-0.2, -0.15) is 5.10 Å². The summed E-state index contributed by atoms with van der Waals surface area (Å²) < 4.78 is 1.30. The number of hydrogen-bond donors (Lipinski definition) is 0. The number of anilines is 1. The molecule has 0 bridgehead atoms. The molecule has 7 heteroatoms. The Kier molecular flexibility index (Phi) is 4.38. The van der Waals surface area contributed by atoms with Crippen molar-refractivity contribution in [3.05, 3.63) is 58.8 Å². The summed E-state index contributed by atoms with van der Waals surface area (Å²) in [6, 6.07) is 9.01. The predicted octanol–water partition coefficient (Wildman–Crippen LogP) is 2.38. The second kappa shape index (κ2) is 7.06. The Morgan fingerprint density at radius 1 is 1.14 bits per heavy atom. The van der Waals surface area contributed by atoms with E-state index in [1.54, 1.807) is 12.3 Å². The van der Waals surface area contributed by atoms with Crippen LogP contribution in [0.5, 0.6) is 0 Å². The molecule has 1 aromatic carbocycles. The maximum atomic E-state index is 12.6. The van der Waals surface area contributed by atoms with Gasteiger partial charge in [-0.1, -0.05) is 18.6 Å². The van der Waals surface area contributed by atoms with Gasteiger partial charge in [0.15, 0.2) is 5.78 Å². The quantitative estimate of drug-likeness (QED) is 0.666. The molecule has 2 aromatic heterocycles. The van der Waals surface area contributed by atoms with E-state index in [0.29, 0.717) is 5.41 Å². The number of benzene rings is 1. The average Bonchev–Trinajstić information content (AvgIpc) is 3.16. The summed E-state index contributed by atoms with van der Waals surface area (Å²) in [4.78, 5) is 35.4. The van der Waals surface area contributed by atoms with Gasteiger partial charge in [0, 0.05) is 37.2 Å². The number of fused-ring (bicyclic) bond motifs is 1. The first-order chi connectivity index (χ1) is 14.1. The molecule has 7 nitrogen and oxygen atoms in total. The molecular formula is C22H23N5O2. The van der Waals surface area contributed by atoms with E-state index in [4.69, 9.17) is 0 Å². The summed E-state index contributed by atoms with van der Waals surface area (Å²) in [5.41, 5.74) is 1.89. The third-order valence-corrected chi connectivity index (χ3v) is 6.33. The normalized spacial score (nSPS) is 17.6. The van der Waals surface area contributed by atoms with Gasteiger partial charge in [0.1, 0.15) is 18.7 Å². The van der Waals surface area contributed by atoms with Crippen molar-refractivity contribution in [1.82, 2.24) is 19.7 Å². The van der Waals surface area contributed by atoms with E-state index in [9.17, 15) is 9.59 Å². The lowest BCUT2D eigenvalue weighted by Gasteiger charge is -2.38. The van der Waals surface area contributed by atoms with Gasteiger partial charge < -0.3 is 4.90 Å². The Balaban J connectivity index is 1.30. The molecule has 0 amide bonds. The third-order valence-electron chi connectivity index (χ3n) is 6.33. The van der Waals surface area contributed by atoms with E-state index >= 15 is 0 Å². The van der Waals surface area contributed by atoms with Crippen molar-refractivity contribution in [2.45, 2.75) is 38.6 Å². The number of ketones is 1. The molecular weight excluding hydrogens is 366 g/mol. The maximum Gasteiger partial charge on any atom is 0.267 e. The Morgan fingerprint density at radius 3 is 2.83 bits per heavy atom. The van der Waals surface area contributed by atoms with E-state index in [-0.39, 0.29) is 24.3 Å². The number of carbonyl (C=O) groups excluding carboxylic acids is 1. The highest BCUT2D eigenvalue weighted by Crippen LogP contribution is 2.48. The molecule has 1 saturated heterocycles. The highest BCUT2D eigenvalue weighted by Gasteiger charge is 2.43. The minimum atomic E-state index is -0.245. The van der Waals surface area contributed by atoms with Crippen molar-refractivity contribution in [3.8, 4) is 0 Å². The largest absolute Gasteiger partial charge is 0.355 e. The van der Waals surface area contributed by atoms with Gasteiger partial charge in [-0.3, -0.25) is 9.59 Å². The lowest BCUT2D eigenvalue weighted by Crippen LogP contribution is -2.34. The molecule has 3 heterocycles. The number of hydrogen-bond acceptors (Lipinski definition) is 6. The zero-order valence-corrected chi connectivity index (χ0v) is 16.3. The molecule has 1 aliphatic carbocycles. The molecule has 2 aliphatic rings. The molecule has 0 unspecified atom stereocenters. The van der Waals surface area contributed by atoms with Crippen molar-refractivity contribution in [3.63, 3.8) is 0 Å². The number of nitrogens with zero attached hydrogens (tertiary/aromatic N) is 5. The van der Waals surface area contributed by atoms with Crippen molar-refractivity contribution in [1.29, 1.82) is 0 Å². The lowest BCUT2D eigenvalue weighted by atomic mass is 9.68. The summed E-state index contributed by atoms with van der Waals surface area (Å²) in [6.45, 7) is 1.96. The van der Waals surface area contributed by atoms with E-state index in [1.807, 2.05) is 18.2 Å². The smallest absolute Gasteiger partial charge is 0.267 e. The molecule has 3 aromatic rings. The molecule has 148 valence electrons. The number of carbonyl (C=O) groups is 1. The van der Waals surface area contributed by atoms with Gasteiger partial charge >= 0.3 is 0 Å². The monoisotopic (exact) mass is 389 g/mol. The lowest BCUT2D eigenvalue weighted by molar-refractivity contribution is -0.119. The third kappa shape index (κ3) is 3.52. The van der Waals surface area contributed by atoms with Gasteiger partial charge in [0.25, 0.3) is 5.56 Å². The van der Waals surface area contributed by atoms with E-state index < -0.39 is 0 Å². The minimum absolute atomic E-state index is 0.0204. The van der Waals surface area contributed by atoms with Crippen LogP contribution in [0.1, 0.15) is 31.2 Å². The first-order valence-electron chi connectivity index (χ1n) is 10.1. The molecule has 1 spiro atoms. The molecule has 1 aliphatic heterocycles. The van der Waals surface area contributed by atoms with Crippen LogP contribution >= 0.6 is 0 Å². The molecule has 0 N–H and O–H groups in total. The SMILES string of the molecule is O=C(Cc1ccc2cncnc2c1)Cn1nc(N2CCC3(CCC3)C2)ccc1=O. The fourth-order valence-electron chi connectivity index (χ4n) is 4.52. The number of rotatable bonds is 5. The maximum absolute atomic E-state index is 12.6. The van der Waals surface area contributed by atoms with Crippen molar-refractivity contribution < 1.29 is 4.79 Å². The number of Topliss-reactive ketones (excluding diaryl/α,β-unsaturated/α-hetero) is 1. The van der Waals surface area contributed by atoms with Crippen LogP contribution in [0.15, 0.2) is 47.7 Å². The van der Waals surface area contributed by atoms with Crippen molar-refractivity contribution in [2.24, 2.45) is 5.41 Å². The van der Waals surface area contributed by atoms with Crippen molar-refractivity contribution in [2.75, 3.05) is 18.0 Å². The summed E-state index contributed by atoms with van der Waals surface area (Å²) in [5, 5.41) is 5.43. The van der Waals surface area contributed by atoms with E-state index in [2.05, 4.69) is 20.0 Å². The average molecular weight is 389 g/mol. The van der Waals surface area contributed by atoms with Crippen LogP contribution in [0, 0.1) is 5.41 Å². The summed E-state index contributed by atoms with van der Waals surface area (Å²) >= 11 is 0. The molecule has 0 radical (unpaired) electrons. The zero-order valence-electron chi connectivity index (χ0n) is 16.3. The second-order valence-electron chi connectivity index (χ2n) is 8.34.